The maximum absolute atomic E-state index is 12.8. The molecule has 5 rings (SSSR count). The van der Waals surface area contributed by atoms with Crippen LogP contribution in [-0.2, 0) is 6.61 Å². The first-order valence-electron chi connectivity index (χ1n) is 9.06. The minimum absolute atomic E-state index is 0.0331. The molecule has 0 aliphatic carbocycles. The topological polar surface area (TPSA) is 43.6 Å². The summed E-state index contributed by atoms with van der Waals surface area (Å²) in [6.45, 7) is 0.510. The van der Waals surface area contributed by atoms with Crippen molar-refractivity contribution < 1.29 is 4.74 Å². The molecule has 0 amide bonds. The highest BCUT2D eigenvalue weighted by Gasteiger charge is 2.10. The first kappa shape index (κ1) is 18.1. The van der Waals surface area contributed by atoms with Gasteiger partial charge in [0.1, 0.15) is 12.4 Å². The summed E-state index contributed by atoms with van der Waals surface area (Å²) in [5, 5.41) is 0. The number of rotatable bonds is 4. The Morgan fingerprint density at radius 3 is 2.55 bits per heavy atom. The molecule has 2 aromatic heterocycles. The fourth-order valence-electron chi connectivity index (χ4n) is 3.17. The molecule has 0 N–H and O–H groups in total. The molecule has 3 aromatic carbocycles. The quantitative estimate of drug-likeness (QED) is 0.385. The molecule has 0 radical (unpaired) electrons. The molecule has 0 unspecified atom stereocenters. The van der Waals surface area contributed by atoms with Crippen LogP contribution in [0.4, 0.5) is 0 Å². The van der Waals surface area contributed by atoms with E-state index in [9.17, 15) is 4.79 Å². The second kappa shape index (κ2) is 7.46. The average Bonchev–Trinajstić information content (AvgIpc) is 3.25. The number of fused-ring (bicyclic) bond motifs is 3. The largest absolute Gasteiger partial charge is 0.489 e. The summed E-state index contributed by atoms with van der Waals surface area (Å²) in [4.78, 5) is 18.1. The molecular weight excluding hydrogens is 448 g/mol. The molecule has 29 heavy (non-hydrogen) atoms. The molecular formula is C23H15BrN2O2S. The van der Waals surface area contributed by atoms with Gasteiger partial charge in [-0.15, -0.1) is 0 Å². The van der Waals surface area contributed by atoms with Gasteiger partial charge in [0, 0.05) is 4.47 Å². The second-order valence-electron chi connectivity index (χ2n) is 6.62. The van der Waals surface area contributed by atoms with Crippen molar-refractivity contribution in [3.8, 4) is 5.75 Å². The molecule has 4 nitrogen and oxygen atoms in total. The predicted molar refractivity (Wildman–Crippen MR) is 121 cm³/mol. The van der Waals surface area contributed by atoms with Crippen molar-refractivity contribution >= 4 is 49.3 Å². The molecule has 5 aromatic rings. The van der Waals surface area contributed by atoms with Crippen LogP contribution in [0.25, 0.3) is 22.1 Å². The lowest BCUT2D eigenvalue weighted by molar-refractivity contribution is 0.306. The fraction of sp³-hybridized carbons (Fsp3) is 0.0435. The molecule has 0 atom stereocenters. The number of para-hydroxylation sites is 2. The zero-order valence-corrected chi connectivity index (χ0v) is 17.6. The summed E-state index contributed by atoms with van der Waals surface area (Å²) in [6.07, 6.45) is 1.90. The summed E-state index contributed by atoms with van der Waals surface area (Å²) in [5.41, 5.74) is 3.71. The van der Waals surface area contributed by atoms with Crippen LogP contribution in [0.1, 0.15) is 11.1 Å². The van der Waals surface area contributed by atoms with E-state index in [1.54, 1.807) is 4.40 Å². The minimum atomic E-state index is -0.0331. The van der Waals surface area contributed by atoms with Crippen LogP contribution in [0.15, 0.2) is 82.1 Å². The summed E-state index contributed by atoms with van der Waals surface area (Å²) >= 11 is 4.84. The van der Waals surface area contributed by atoms with Crippen LogP contribution in [0.2, 0.25) is 0 Å². The maximum atomic E-state index is 12.8. The van der Waals surface area contributed by atoms with Gasteiger partial charge in [0.25, 0.3) is 5.56 Å². The van der Waals surface area contributed by atoms with Gasteiger partial charge in [-0.2, -0.15) is 0 Å². The van der Waals surface area contributed by atoms with Crippen molar-refractivity contribution in [3.05, 3.63) is 103 Å². The molecule has 0 bridgehead atoms. The maximum Gasteiger partial charge on any atom is 0.274 e. The SMILES string of the molecule is O=c1/c(=C/c2ccc(OCc3ccc(Br)cc3)cc2)sc2nc3ccccc3n12. The van der Waals surface area contributed by atoms with Gasteiger partial charge in [0.15, 0.2) is 4.96 Å². The van der Waals surface area contributed by atoms with E-state index in [0.29, 0.717) is 11.1 Å². The first-order valence-corrected chi connectivity index (χ1v) is 10.7. The normalized spacial score (nSPS) is 12.1. The van der Waals surface area contributed by atoms with Crippen molar-refractivity contribution in [1.29, 1.82) is 0 Å². The lowest BCUT2D eigenvalue weighted by Crippen LogP contribution is -2.22. The summed E-state index contributed by atoms with van der Waals surface area (Å²) in [7, 11) is 0. The summed E-state index contributed by atoms with van der Waals surface area (Å²) < 4.78 is 9.24. The Morgan fingerprint density at radius 2 is 1.76 bits per heavy atom. The third-order valence-electron chi connectivity index (χ3n) is 4.64. The van der Waals surface area contributed by atoms with Gasteiger partial charge in [0.05, 0.1) is 15.6 Å². The molecule has 2 heterocycles. The van der Waals surface area contributed by atoms with Gasteiger partial charge >= 0.3 is 0 Å². The number of ether oxygens (including phenoxy) is 1. The van der Waals surface area contributed by atoms with Gasteiger partial charge in [-0.25, -0.2) is 9.38 Å². The Bertz CT molecular complexity index is 1420. The lowest BCUT2D eigenvalue weighted by atomic mass is 10.2. The molecule has 0 saturated carbocycles. The smallest absolute Gasteiger partial charge is 0.274 e. The predicted octanol–water partition coefficient (Wildman–Crippen LogP) is 4.80. The summed E-state index contributed by atoms with van der Waals surface area (Å²) in [6, 6.07) is 23.5. The number of halogens is 1. The summed E-state index contributed by atoms with van der Waals surface area (Å²) in [5.74, 6) is 0.791. The van der Waals surface area contributed by atoms with Crippen LogP contribution in [0.3, 0.4) is 0 Å². The van der Waals surface area contributed by atoms with Crippen molar-refractivity contribution in [1.82, 2.24) is 9.38 Å². The van der Waals surface area contributed by atoms with Crippen molar-refractivity contribution in [2.75, 3.05) is 0 Å². The minimum Gasteiger partial charge on any atom is -0.489 e. The molecule has 0 aliphatic rings. The Balaban J connectivity index is 1.40. The van der Waals surface area contributed by atoms with E-state index in [4.69, 9.17) is 4.74 Å². The first-order chi connectivity index (χ1) is 14.2. The zero-order chi connectivity index (χ0) is 19.8. The second-order valence-corrected chi connectivity index (χ2v) is 8.54. The third-order valence-corrected chi connectivity index (χ3v) is 6.14. The number of imidazole rings is 1. The van der Waals surface area contributed by atoms with Crippen LogP contribution in [-0.4, -0.2) is 9.38 Å². The van der Waals surface area contributed by atoms with E-state index in [1.165, 1.54) is 11.3 Å². The molecule has 0 saturated heterocycles. The highest BCUT2D eigenvalue weighted by Crippen LogP contribution is 2.18. The third kappa shape index (κ3) is 3.57. The highest BCUT2D eigenvalue weighted by atomic mass is 79.9. The van der Waals surface area contributed by atoms with Crippen LogP contribution in [0, 0.1) is 0 Å². The molecule has 0 aliphatic heterocycles. The van der Waals surface area contributed by atoms with E-state index in [2.05, 4.69) is 20.9 Å². The Kier molecular flexibility index (Phi) is 4.66. The number of benzene rings is 3. The van der Waals surface area contributed by atoms with Gasteiger partial charge in [-0.05, 0) is 53.6 Å². The number of hydrogen-bond acceptors (Lipinski definition) is 4. The number of hydrogen-bond donors (Lipinski definition) is 0. The van der Waals surface area contributed by atoms with Gasteiger partial charge in [0.2, 0.25) is 0 Å². The Hall–Kier alpha value is -2.96. The zero-order valence-electron chi connectivity index (χ0n) is 15.2. The Morgan fingerprint density at radius 1 is 1.00 bits per heavy atom. The van der Waals surface area contributed by atoms with Gasteiger partial charge in [-0.3, -0.25) is 4.79 Å². The average molecular weight is 463 g/mol. The van der Waals surface area contributed by atoms with Crippen molar-refractivity contribution in [3.63, 3.8) is 0 Å². The number of nitrogens with zero attached hydrogens (tertiary/aromatic N) is 2. The number of aromatic nitrogens is 2. The molecule has 0 fully saturated rings. The van der Waals surface area contributed by atoms with Crippen molar-refractivity contribution in [2.24, 2.45) is 0 Å². The molecule has 0 spiro atoms. The Labute approximate surface area is 178 Å². The molecule has 6 heteroatoms. The fourth-order valence-corrected chi connectivity index (χ4v) is 4.42. The van der Waals surface area contributed by atoms with Crippen LogP contribution < -0.4 is 14.8 Å². The number of thiazole rings is 1. The van der Waals surface area contributed by atoms with Crippen molar-refractivity contribution in [2.45, 2.75) is 6.61 Å². The molecule has 142 valence electrons. The van der Waals surface area contributed by atoms with E-state index >= 15 is 0 Å². The lowest BCUT2D eigenvalue weighted by Gasteiger charge is -2.06. The standard InChI is InChI=1S/C23H15BrN2O2S/c24-17-9-5-16(6-10-17)14-28-18-11-7-15(8-12-18)13-21-22(27)26-20-4-2-1-3-19(20)25-23(26)29-21/h1-13H,14H2/b21-13-. The van der Waals surface area contributed by atoms with Gasteiger partial charge in [-0.1, -0.05) is 63.7 Å². The van der Waals surface area contributed by atoms with Crippen LogP contribution in [0.5, 0.6) is 5.75 Å². The highest BCUT2D eigenvalue weighted by molar-refractivity contribution is 9.10. The van der Waals surface area contributed by atoms with E-state index in [-0.39, 0.29) is 5.56 Å². The van der Waals surface area contributed by atoms with E-state index in [1.807, 2.05) is 78.9 Å². The van der Waals surface area contributed by atoms with E-state index in [0.717, 1.165) is 37.3 Å². The van der Waals surface area contributed by atoms with Gasteiger partial charge < -0.3 is 4.74 Å². The van der Waals surface area contributed by atoms with E-state index < -0.39 is 0 Å². The monoisotopic (exact) mass is 462 g/mol. The van der Waals surface area contributed by atoms with Crippen LogP contribution >= 0.6 is 27.3 Å².